The molecule has 1 atom stereocenters. The van der Waals surface area contributed by atoms with Gasteiger partial charge in [0.2, 0.25) is 0 Å². The molecule has 92 valence electrons. The monoisotopic (exact) mass is 246 g/mol. The van der Waals surface area contributed by atoms with Crippen molar-refractivity contribution in [3.05, 3.63) is 33.7 Å². The lowest BCUT2D eigenvalue weighted by Crippen LogP contribution is -2.31. The fourth-order valence-electron chi connectivity index (χ4n) is 2.30. The van der Waals surface area contributed by atoms with Gasteiger partial charge in [0.15, 0.2) is 6.04 Å². The van der Waals surface area contributed by atoms with Gasteiger partial charge in [-0.3, -0.25) is 4.79 Å². The smallest absolute Gasteiger partial charge is 0.315 e. The molecule has 0 spiro atoms. The molecule has 7 nitrogen and oxygen atoms in total. The van der Waals surface area contributed by atoms with Gasteiger partial charge in [-0.2, -0.15) is 0 Å². The van der Waals surface area contributed by atoms with Gasteiger partial charge in [0, 0.05) is 24.2 Å². The molecule has 0 saturated carbocycles. The SMILES string of the molecule is O=NC1C(=O)Nc2c1ccc1c2CNC(=O)NC1. The Balaban J connectivity index is 2.11. The molecular formula is C11H10N4O3. The Morgan fingerprint density at radius 2 is 1.94 bits per heavy atom. The largest absolute Gasteiger partial charge is 0.334 e. The Kier molecular flexibility index (Phi) is 2.26. The minimum atomic E-state index is -0.989. The van der Waals surface area contributed by atoms with E-state index in [2.05, 4.69) is 21.1 Å². The molecule has 0 radical (unpaired) electrons. The van der Waals surface area contributed by atoms with Crippen LogP contribution >= 0.6 is 0 Å². The lowest BCUT2D eigenvalue weighted by Gasteiger charge is -2.10. The first kappa shape index (κ1) is 10.7. The van der Waals surface area contributed by atoms with E-state index in [0.717, 1.165) is 11.1 Å². The molecule has 0 saturated heterocycles. The summed E-state index contributed by atoms with van der Waals surface area (Å²) in [6, 6.07) is 2.27. The van der Waals surface area contributed by atoms with Gasteiger partial charge in [-0.15, -0.1) is 4.91 Å². The molecule has 3 rings (SSSR count). The number of carbonyl (C=O) groups excluding carboxylic acids is 2. The highest BCUT2D eigenvalue weighted by Crippen LogP contribution is 2.37. The van der Waals surface area contributed by atoms with Gasteiger partial charge < -0.3 is 16.0 Å². The molecule has 0 fully saturated rings. The summed E-state index contributed by atoms with van der Waals surface area (Å²) in [4.78, 5) is 33.5. The first-order chi connectivity index (χ1) is 8.70. The number of urea groups is 1. The van der Waals surface area contributed by atoms with Crippen molar-refractivity contribution in [1.29, 1.82) is 0 Å². The molecule has 2 aliphatic rings. The van der Waals surface area contributed by atoms with Gasteiger partial charge in [0.1, 0.15) is 0 Å². The molecule has 0 bridgehead atoms. The third-order valence-electron chi connectivity index (χ3n) is 3.20. The van der Waals surface area contributed by atoms with E-state index in [4.69, 9.17) is 0 Å². The zero-order valence-corrected chi connectivity index (χ0v) is 9.32. The Morgan fingerprint density at radius 3 is 2.72 bits per heavy atom. The van der Waals surface area contributed by atoms with Crippen molar-refractivity contribution in [2.75, 3.05) is 5.32 Å². The number of carbonyl (C=O) groups is 2. The van der Waals surface area contributed by atoms with Crippen LogP contribution in [0.2, 0.25) is 0 Å². The summed E-state index contributed by atoms with van der Waals surface area (Å²) < 4.78 is 0. The van der Waals surface area contributed by atoms with E-state index >= 15 is 0 Å². The second-order valence-electron chi connectivity index (χ2n) is 4.20. The highest BCUT2D eigenvalue weighted by atomic mass is 16.3. The maximum atomic E-state index is 11.6. The Labute approximate surface area is 102 Å². The molecule has 0 aromatic heterocycles. The van der Waals surface area contributed by atoms with Crippen molar-refractivity contribution < 1.29 is 9.59 Å². The van der Waals surface area contributed by atoms with Crippen LogP contribution in [0.25, 0.3) is 0 Å². The van der Waals surface area contributed by atoms with Crippen LogP contribution in [-0.2, 0) is 17.9 Å². The number of amides is 3. The van der Waals surface area contributed by atoms with Gasteiger partial charge in [-0.1, -0.05) is 17.3 Å². The number of anilines is 1. The van der Waals surface area contributed by atoms with E-state index in [9.17, 15) is 14.5 Å². The number of rotatable bonds is 1. The van der Waals surface area contributed by atoms with E-state index in [1.807, 2.05) is 0 Å². The van der Waals surface area contributed by atoms with Crippen LogP contribution in [0.5, 0.6) is 0 Å². The topological polar surface area (TPSA) is 99.7 Å². The van der Waals surface area contributed by atoms with Gasteiger partial charge in [-0.25, -0.2) is 4.79 Å². The molecule has 3 amide bonds. The highest BCUT2D eigenvalue weighted by Gasteiger charge is 2.34. The van der Waals surface area contributed by atoms with Gasteiger partial charge in [0.25, 0.3) is 5.91 Å². The van der Waals surface area contributed by atoms with Crippen molar-refractivity contribution in [2.24, 2.45) is 5.18 Å². The van der Waals surface area contributed by atoms with Crippen LogP contribution in [0.1, 0.15) is 22.7 Å². The van der Waals surface area contributed by atoms with Gasteiger partial charge in [0.05, 0.1) is 5.69 Å². The molecule has 1 unspecified atom stereocenters. The molecule has 18 heavy (non-hydrogen) atoms. The number of nitrogens with zero attached hydrogens (tertiary/aromatic N) is 1. The second-order valence-corrected chi connectivity index (χ2v) is 4.20. The van der Waals surface area contributed by atoms with Crippen LogP contribution in [0.3, 0.4) is 0 Å². The highest BCUT2D eigenvalue weighted by molar-refractivity contribution is 6.03. The summed E-state index contributed by atoms with van der Waals surface area (Å²) in [5, 5.41) is 10.8. The first-order valence-corrected chi connectivity index (χ1v) is 5.50. The summed E-state index contributed by atoms with van der Waals surface area (Å²) in [6.45, 7) is 0.708. The molecule has 7 heteroatoms. The summed E-state index contributed by atoms with van der Waals surface area (Å²) in [5.74, 6) is -0.420. The normalized spacial score (nSPS) is 21.0. The number of nitroso groups, excluding NO2 is 1. The van der Waals surface area contributed by atoms with Crippen LogP contribution in [0.15, 0.2) is 17.3 Å². The Hall–Kier alpha value is -2.44. The zero-order chi connectivity index (χ0) is 12.7. The fourth-order valence-corrected chi connectivity index (χ4v) is 2.30. The third kappa shape index (κ3) is 1.44. The maximum Gasteiger partial charge on any atom is 0.315 e. The van der Waals surface area contributed by atoms with Crippen molar-refractivity contribution in [3.8, 4) is 0 Å². The number of hydrogen-bond donors (Lipinski definition) is 3. The van der Waals surface area contributed by atoms with E-state index in [1.54, 1.807) is 12.1 Å². The Morgan fingerprint density at radius 1 is 1.17 bits per heavy atom. The summed E-state index contributed by atoms with van der Waals surface area (Å²) in [6.07, 6.45) is 0. The minimum absolute atomic E-state index is 0.255. The lowest BCUT2D eigenvalue weighted by molar-refractivity contribution is -0.116. The number of nitrogens with one attached hydrogen (secondary N) is 3. The predicted octanol–water partition coefficient (Wildman–Crippen LogP) is 0.759. The molecule has 2 aliphatic heterocycles. The number of benzene rings is 1. The zero-order valence-electron chi connectivity index (χ0n) is 9.32. The van der Waals surface area contributed by atoms with Gasteiger partial charge >= 0.3 is 6.03 Å². The minimum Gasteiger partial charge on any atom is -0.334 e. The fraction of sp³-hybridized carbons (Fsp3) is 0.273. The maximum absolute atomic E-state index is 11.6. The van der Waals surface area contributed by atoms with Crippen molar-refractivity contribution in [1.82, 2.24) is 10.6 Å². The van der Waals surface area contributed by atoms with E-state index < -0.39 is 11.9 Å². The van der Waals surface area contributed by atoms with E-state index in [1.165, 1.54) is 0 Å². The van der Waals surface area contributed by atoms with Crippen molar-refractivity contribution in [3.63, 3.8) is 0 Å². The van der Waals surface area contributed by atoms with Crippen LogP contribution in [0, 0.1) is 4.91 Å². The Bertz CT molecular complexity index is 570. The quantitative estimate of drug-likeness (QED) is 0.638. The molecule has 2 heterocycles. The van der Waals surface area contributed by atoms with Crippen LogP contribution in [0.4, 0.5) is 10.5 Å². The molecule has 3 N–H and O–H groups in total. The van der Waals surface area contributed by atoms with Crippen molar-refractivity contribution in [2.45, 2.75) is 19.1 Å². The average Bonchev–Trinajstić information content (AvgIpc) is 2.56. The average molecular weight is 246 g/mol. The number of hydrogen-bond acceptors (Lipinski definition) is 4. The molecule has 1 aromatic carbocycles. The summed E-state index contributed by atoms with van der Waals surface area (Å²) >= 11 is 0. The van der Waals surface area contributed by atoms with E-state index in [-0.39, 0.29) is 6.03 Å². The lowest BCUT2D eigenvalue weighted by atomic mass is 9.99. The van der Waals surface area contributed by atoms with Gasteiger partial charge in [-0.05, 0) is 5.56 Å². The summed E-state index contributed by atoms with van der Waals surface area (Å²) in [7, 11) is 0. The summed E-state index contributed by atoms with van der Waals surface area (Å²) in [5.41, 5.74) is 2.92. The number of fused-ring (bicyclic) bond motifs is 3. The van der Waals surface area contributed by atoms with Crippen LogP contribution < -0.4 is 16.0 Å². The second kappa shape index (κ2) is 3.80. The van der Waals surface area contributed by atoms with E-state index in [0.29, 0.717) is 24.3 Å². The van der Waals surface area contributed by atoms with Crippen LogP contribution in [-0.4, -0.2) is 11.9 Å². The molecular weight excluding hydrogens is 236 g/mol. The third-order valence-corrected chi connectivity index (χ3v) is 3.20. The van der Waals surface area contributed by atoms with Crippen molar-refractivity contribution >= 4 is 17.6 Å². The predicted molar refractivity (Wildman–Crippen MR) is 62.7 cm³/mol. The molecule has 1 aromatic rings. The standard InChI is InChI=1S/C11H10N4O3/c16-10-9(15-18)6-2-1-5-3-12-11(17)13-4-7(5)8(6)14-10/h1-2,9H,3-4H2,(H,14,16)(H2,12,13,17). The molecule has 0 aliphatic carbocycles. The first-order valence-electron chi connectivity index (χ1n) is 5.50.